The van der Waals surface area contributed by atoms with Crippen molar-refractivity contribution >= 4 is 46.7 Å². The molecule has 122 valence electrons. The van der Waals surface area contributed by atoms with Crippen LogP contribution in [0.2, 0.25) is 5.02 Å². The number of aromatic nitrogens is 1. The van der Waals surface area contributed by atoms with E-state index in [0.717, 1.165) is 0 Å². The molecule has 1 aromatic carbocycles. The molecule has 0 saturated carbocycles. The average molecular weight is 379 g/mol. The standard InChI is InChI=1S/C14H10ClF3N2OS2/c15-9-4-3-5-10(20-11(21)8-22-14(16,17)18)13(9)23-12-6-1-2-7-19-12/h1-7H,8H2,(H,20,21). The van der Waals surface area contributed by atoms with Gasteiger partial charge >= 0.3 is 5.51 Å². The van der Waals surface area contributed by atoms with Crippen molar-refractivity contribution in [3.8, 4) is 0 Å². The summed E-state index contributed by atoms with van der Waals surface area (Å²) in [5.74, 6) is -1.47. The number of nitrogens with zero attached hydrogens (tertiary/aromatic N) is 1. The third-order valence-corrected chi connectivity index (χ3v) is 4.71. The molecule has 0 spiro atoms. The fourth-order valence-corrected chi connectivity index (χ4v) is 3.08. The van der Waals surface area contributed by atoms with Crippen LogP contribution < -0.4 is 5.32 Å². The molecule has 2 aromatic rings. The van der Waals surface area contributed by atoms with Crippen molar-refractivity contribution in [1.82, 2.24) is 4.98 Å². The van der Waals surface area contributed by atoms with Crippen LogP contribution in [0.4, 0.5) is 18.9 Å². The van der Waals surface area contributed by atoms with Crippen LogP contribution in [0.1, 0.15) is 0 Å². The first-order valence-corrected chi connectivity index (χ1v) is 8.41. The minimum Gasteiger partial charge on any atom is -0.324 e. The van der Waals surface area contributed by atoms with Gasteiger partial charge in [-0.3, -0.25) is 4.79 Å². The van der Waals surface area contributed by atoms with E-state index in [1.807, 2.05) is 0 Å². The van der Waals surface area contributed by atoms with Crippen molar-refractivity contribution in [3.05, 3.63) is 47.6 Å². The van der Waals surface area contributed by atoms with Crippen molar-refractivity contribution in [2.24, 2.45) is 0 Å². The van der Waals surface area contributed by atoms with Crippen LogP contribution in [0.3, 0.4) is 0 Å². The van der Waals surface area contributed by atoms with Gasteiger partial charge in [-0.05, 0) is 36.0 Å². The first kappa shape index (κ1) is 18.0. The highest BCUT2D eigenvalue weighted by atomic mass is 35.5. The van der Waals surface area contributed by atoms with Crippen LogP contribution in [0, 0.1) is 0 Å². The largest absolute Gasteiger partial charge is 0.442 e. The van der Waals surface area contributed by atoms with Gasteiger partial charge in [-0.15, -0.1) is 0 Å². The van der Waals surface area contributed by atoms with Gasteiger partial charge in [0.2, 0.25) is 5.91 Å². The molecule has 0 aliphatic heterocycles. The van der Waals surface area contributed by atoms with E-state index in [4.69, 9.17) is 11.6 Å². The van der Waals surface area contributed by atoms with Crippen molar-refractivity contribution in [3.63, 3.8) is 0 Å². The van der Waals surface area contributed by atoms with E-state index in [9.17, 15) is 18.0 Å². The predicted octanol–water partition coefficient (Wildman–Crippen LogP) is 5.08. The molecule has 9 heteroatoms. The Morgan fingerprint density at radius 3 is 2.65 bits per heavy atom. The molecule has 3 nitrogen and oxygen atoms in total. The second-order valence-electron chi connectivity index (χ2n) is 4.17. The zero-order valence-electron chi connectivity index (χ0n) is 11.4. The van der Waals surface area contributed by atoms with Gasteiger partial charge in [0, 0.05) is 6.20 Å². The van der Waals surface area contributed by atoms with Crippen molar-refractivity contribution in [2.45, 2.75) is 15.4 Å². The van der Waals surface area contributed by atoms with E-state index in [1.165, 1.54) is 11.8 Å². The van der Waals surface area contributed by atoms with E-state index in [2.05, 4.69) is 10.3 Å². The Morgan fingerprint density at radius 2 is 2.00 bits per heavy atom. The molecule has 0 bridgehead atoms. The lowest BCUT2D eigenvalue weighted by Gasteiger charge is -2.12. The Hall–Kier alpha value is -1.38. The summed E-state index contributed by atoms with van der Waals surface area (Å²) in [6.07, 6.45) is 1.61. The molecule has 0 atom stereocenters. The highest BCUT2D eigenvalue weighted by Gasteiger charge is 2.29. The topological polar surface area (TPSA) is 42.0 Å². The number of alkyl halides is 3. The minimum absolute atomic E-state index is 0.348. The highest BCUT2D eigenvalue weighted by molar-refractivity contribution is 8.00. The molecule has 23 heavy (non-hydrogen) atoms. The van der Waals surface area contributed by atoms with E-state index in [0.29, 0.717) is 20.6 Å². The number of hydrogen-bond donors (Lipinski definition) is 1. The zero-order chi connectivity index (χ0) is 16.9. The first-order chi connectivity index (χ1) is 10.8. The third kappa shape index (κ3) is 5.96. The van der Waals surface area contributed by atoms with Crippen molar-refractivity contribution < 1.29 is 18.0 Å². The number of thioether (sulfide) groups is 1. The second kappa shape index (κ2) is 7.94. The molecule has 2 rings (SSSR count). The Balaban J connectivity index is 2.13. The summed E-state index contributed by atoms with van der Waals surface area (Å²) in [7, 11) is 0. The van der Waals surface area contributed by atoms with E-state index >= 15 is 0 Å². The van der Waals surface area contributed by atoms with E-state index in [1.54, 1.807) is 42.6 Å². The summed E-state index contributed by atoms with van der Waals surface area (Å²) in [4.78, 5) is 16.3. The molecule has 0 saturated heterocycles. The van der Waals surface area contributed by atoms with Gasteiger partial charge in [-0.25, -0.2) is 4.98 Å². The quantitative estimate of drug-likeness (QED) is 0.788. The molecule has 0 fully saturated rings. The Labute approximate surface area is 144 Å². The maximum absolute atomic E-state index is 12.1. The van der Waals surface area contributed by atoms with Crippen LogP contribution in [0.5, 0.6) is 0 Å². The molecule has 1 N–H and O–H groups in total. The normalized spacial score (nSPS) is 11.3. The number of rotatable bonds is 5. The molecule has 1 aromatic heterocycles. The number of pyridine rings is 1. The summed E-state index contributed by atoms with van der Waals surface area (Å²) in [6.45, 7) is 0. The zero-order valence-corrected chi connectivity index (χ0v) is 13.8. The minimum atomic E-state index is -4.45. The fourth-order valence-electron chi connectivity index (χ4n) is 1.56. The summed E-state index contributed by atoms with van der Waals surface area (Å²) in [5, 5.41) is 3.48. The van der Waals surface area contributed by atoms with Crippen LogP contribution in [-0.2, 0) is 4.79 Å². The van der Waals surface area contributed by atoms with Crippen molar-refractivity contribution in [1.29, 1.82) is 0 Å². The summed E-state index contributed by atoms with van der Waals surface area (Å²) in [6, 6.07) is 10.1. The average Bonchev–Trinajstić information content (AvgIpc) is 2.49. The molecule has 1 amide bonds. The van der Waals surface area contributed by atoms with Crippen LogP contribution in [-0.4, -0.2) is 22.2 Å². The number of nitrogens with one attached hydrogen (secondary N) is 1. The first-order valence-electron chi connectivity index (χ1n) is 6.23. The smallest absolute Gasteiger partial charge is 0.324 e. The number of amides is 1. The van der Waals surface area contributed by atoms with E-state index < -0.39 is 17.2 Å². The lowest BCUT2D eigenvalue weighted by molar-refractivity contribution is -0.114. The van der Waals surface area contributed by atoms with Gasteiger partial charge in [0.25, 0.3) is 0 Å². The van der Waals surface area contributed by atoms with E-state index in [-0.39, 0.29) is 11.8 Å². The van der Waals surface area contributed by atoms with Crippen LogP contribution in [0.25, 0.3) is 0 Å². The molecule has 0 unspecified atom stereocenters. The number of carbonyl (C=O) groups excluding carboxylic acids is 1. The molecule has 1 heterocycles. The lowest BCUT2D eigenvalue weighted by Crippen LogP contribution is -2.17. The summed E-state index contributed by atoms with van der Waals surface area (Å²) in [5.41, 5.74) is -4.10. The predicted molar refractivity (Wildman–Crippen MR) is 87.0 cm³/mol. The third-order valence-electron chi connectivity index (χ3n) is 2.45. The van der Waals surface area contributed by atoms with Crippen LogP contribution in [0.15, 0.2) is 52.5 Å². The van der Waals surface area contributed by atoms with Crippen molar-refractivity contribution in [2.75, 3.05) is 11.1 Å². The maximum Gasteiger partial charge on any atom is 0.442 e. The monoisotopic (exact) mass is 378 g/mol. The second-order valence-corrected chi connectivity index (χ2v) is 6.65. The fraction of sp³-hybridized carbons (Fsp3) is 0.143. The number of halogens is 4. The highest BCUT2D eigenvalue weighted by Crippen LogP contribution is 2.38. The lowest BCUT2D eigenvalue weighted by atomic mass is 10.3. The van der Waals surface area contributed by atoms with Gasteiger partial charge in [-0.1, -0.05) is 35.5 Å². The molecule has 0 aliphatic rings. The Kier molecular flexibility index (Phi) is 6.20. The summed E-state index contributed by atoms with van der Waals surface area (Å²) >= 11 is 6.96. The van der Waals surface area contributed by atoms with Crippen LogP contribution >= 0.6 is 35.1 Å². The number of carbonyl (C=O) groups is 1. The maximum atomic E-state index is 12.1. The molecule has 0 radical (unpaired) electrons. The summed E-state index contributed by atoms with van der Waals surface area (Å²) < 4.78 is 36.4. The Morgan fingerprint density at radius 1 is 1.22 bits per heavy atom. The SMILES string of the molecule is O=C(CSC(F)(F)F)Nc1cccc(Cl)c1Sc1ccccn1. The molecule has 0 aliphatic carbocycles. The number of hydrogen-bond acceptors (Lipinski definition) is 4. The number of benzene rings is 1. The van der Waals surface area contributed by atoms with Gasteiger partial charge in [0.05, 0.1) is 21.4 Å². The van der Waals surface area contributed by atoms with Gasteiger partial charge in [-0.2, -0.15) is 13.2 Å². The van der Waals surface area contributed by atoms with Gasteiger partial charge in [0.1, 0.15) is 5.03 Å². The Bertz CT molecular complexity index is 683. The van der Waals surface area contributed by atoms with Gasteiger partial charge < -0.3 is 5.32 Å². The number of anilines is 1. The molecular weight excluding hydrogens is 369 g/mol. The molecular formula is C14H10ClF3N2OS2. The van der Waals surface area contributed by atoms with Gasteiger partial charge in [0.15, 0.2) is 0 Å².